The predicted molar refractivity (Wildman–Crippen MR) is 81.9 cm³/mol. The number of carbonyl (C=O) groups is 1. The van der Waals surface area contributed by atoms with Crippen LogP contribution in [0.1, 0.15) is 16.2 Å². The maximum Gasteiger partial charge on any atom is 0.387 e. The van der Waals surface area contributed by atoms with E-state index in [1.165, 1.54) is 18.3 Å². The van der Waals surface area contributed by atoms with Crippen molar-refractivity contribution in [1.29, 1.82) is 0 Å². The molecule has 7 heteroatoms. The molecule has 0 amide bonds. The monoisotopic (exact) mass is 330 g/mol. The van der Waals surface area contributed by atoms with E-state index in [9.17, 15) is 13.6 Å². The molecule has 0 saturated heterocycles. The summed E-state index contributed by atoms with van der Waals surface area (Å²) in [6.07, 6.45) is 3.71. The number of nitrogens with zero attached hydrogens (tertiary/aromatic N) is 2. The zero-order valence-corrected chi connectivity index (χ0v) is 12.6. The highest BCUT2D eigenvalue weighted by Crippen LogP contribution is 2.35. The highest BCUT2D eigenvalue weighted by molar-refractivity contribution is 5.77. The minimum atomic E-state index is -2.95. The van der Waals surface area contributed by atoms with Gasteiger partial charge in [-0.25, -0.2) is 4.98 Å². The van der Waals surface area contributed by atoms with Crippen LogP contribution >= 0.6 is 0 Å². The van der Waals surface area contributed by atoms with Crippen LogP contribution in [0.5, 0.6) is 5.75 Å². The molecule has 3 aromatic rings. The van der Waals surface area contributed by atoms with Crippen molar-refractivity contribution in [3.05, 3.63) is 54.2 Å². The summed E-state index contributed by atoms with van der Waals surface area (Å²) in [5.41, 5.74) is 1.76. The molecule has 0 radical (unpaired) electrons. The highest BCUT2D eigenvalue weighted by atomic mass is 19.3. The van der Waals surface area contributed by atoms with Gasteiger partial charge in [-0.15, -0.1) is 0 Å². The van der Waals surface area contributed by atoms with Gasteiger partial charge in [0, 0.05) is 29.1 Å². The van der Waals surface area contributed by atoms with E-state index in [4.69, 9.17) is 4.42 Å². The number of hydrogen-bond donors (Lipinski definition) is 0. The predicted octanol–water partition coefficient (Wildman–Crippen LogP) is 4.13. The van der Waals surface area contributed by atoms with Crippen molar-refractivity contribution in [1.82, 2.24) is 9.97 Å². The Kier molecular flexibility index (Phi) is 4.33. The molecule has 0 aliphatic carbocycles. The average Bonchev–Trinajstić information content (AvgIpc) is 2.96. The maximum absolute atomic E-state index is 12.6. The smallest absolute Gasteiger partial charge is 0.387 e. The average molecular weight is 330 g/mol. The Bertz CT molecular complexity index is 864. The number of carbonyl (C=O) groups excluding carboxylic acids is 1. The quantitative estimate of drug-likeness (QED) is 0.658. The van der Waals surface area contributed by atoms with E-state index in [0.717, 1.165) is 0 Å². The standard InChI is InChI=1S/C17H12F2N2O3/c1-10-14(9-22)21-16(23-10)11-4-5-15(24-17(18)19)13(7-11)12-3-2-6-20-8-12/h2-9,17H,1H3. The first-order valence-electron chi connectivity index (χ1n) is 7.00. The first-order chi connectivity index (χ1) is 11.6. The number of aromatic nitrogens is 2. The Labute approximate surface area is 135 Å². The van der Waals surface area contributed by atoms with Crippen molar-refractivity contribution in [3.63, 3.8) is 0 Å². The minimum absolute atomic E-state index is 0.0145. The lowest BCUT2D eigenvalue weighted by atomic mass is 10.0. The highest BCUT2D eigenvalue weighted by Gasteiger charge is 2.16. The molecule has 0 spiro atoms. The van der Waals surface area contributed by atoms with Crippen LogP contribution < -0.4 is 4.74 Å². The van der Waals surface area contributed by atoms with Crippen LogP contribution in [0.3, 0.4) is 0 Å². The molecule has 0 atom stereocenters. The van der Waals surface area contributed by atoms with Gasteiger partial charge >= 0.3 is 6.61 Å². The lowest BCUT2D eigenvalue weighted by Crippen LogP contribution is -2.03. The van der Waals surface area contributed by atoms with Crippen LogP contribution in [-0.4, -0.2) is 22.9 Å². The number of halogens is 2. The summed E-state index contributed by atoms with van der Waals surface area (Å²) in [6, 6.07) is 7.96. The van der Waals surface area contributed by atoms with Crippen molar-refractivity contribution in [2.75, 3.05) is 0 Å². The second kappa shape index (κ2) is 6.57. The van der Waals surface area contributed by atoms with Gasteiger partial charge in [0.05, 0.1) is 0 Å². The van der Waals surface area contributed by atoms with Crippen molar-refractivity contribution in [2.24, 2.45) is 0 Å². The lowest BCUT2D eigenvalue weighted by molar-refractivity contribution is -0.0494. The Morgan fingerprint density at radius 1 is 1.25 bits per heavy atom. The number of ether oxygens (including phenoxy) is 1. The van der Waals surface area contributed by atoms with Gasteiger partial charge in [0.25, 0.3) is 0 Å². The van der Waals surface area contributed by atoms with Crippen LogP contribution in [0.2, 0.25) is 0 Å². The third-order valence-electron chi connectivity index (χ3n) is 3.36. The van der Waals surface area contributed by atoms with Crippen LogP contribution in [0.15, 0.2) is 47.1 Å². The van der Waals surface area contributed by atoms with Gasteiger partial charge in [-0.3, -0.25) is 9.78 Å². The van der Waals surface area contributed by atoms with Crippen molar-refractivity contribution < 1.29 is 22.7 Å². The number of benzene rings is 1. The molecular formula is C17H12F2N2O3. The summed E-state index contributed by atoms with van der Waals surface area (Å²) in [4.78, 5) is 19.0. The first kappa shape index (κ1) is 15.8. The molecule has 2 aromatic heterocycles. The van der Waals surface area contributed by atoms with Gasteiger partial charge in [-0.2, -0.15) is 8.78 Å². The van der Waals surface area contributed by atoms with Gasteiger partial charge in [0.2, 0.25) is 5.89 Å². The fourth-order valence-corrected chi connectivity index (χ4v) is 2.25. The summed E-state index contributed by atoms with van der Waals surface area (Å²) in [7, 11) is 0. The molecule has 122 valence electrons. The molecule has 0 aliphatic heterocycles. The Morgan fingerprint density at radius 2 is 2.08 bits per heavy atom. The van der Waals surface area contributed by atoms with Gasteiger partial charge < -0.3 is 9.15 Å². The summed E-state index contributed by atoms with van der Waals surface area (Å²) >= 11 is 0. The fraction of sp³-hybridized carbons (Fsp3) is 0.118. The van der Waals surface area contributed by atoms with Gasteiger partial charge in [0.15, 0.2) is 6.29 Å². The SMILES string of the molecule is Cc1oc(-c2ccc(OC(F)F)c(-c3cccnc3)c2)nc1C=O. The Morgan fingerprint density at radius 3 is 2.71 bits per heavy atom. The van der Waals surface area contributed by atoms with E-state index in [1.807, 2.05) is 0 Å². The van der Waals surface area contributed by atoms with Crippen molar-refractivity contribution in [2.45, 2.75) is 13.5 Å². The number of oxazole rings is 1. The molecule has 0 bridgehead atoms. The summed E-state index contributed by atoms with van der Waals surface area (Å²) in [5, 5.41) is 0. The molecule has 0 N–H and O–H groups in total. The van der Waals surface area contributed by atoms with Gasteiger partial charge in [-0.05, 0) is 31.2 Å². The maximum atomic E-state index is 12.6. The Hall–Kier alpha value is -3.09. The molecular weight excluding hydrogens is 318 g/mol. The minimum Gasteiger partial charge on any atom is -0.441 e. The third kappa shape index (κ3) is 3.15. The van der Waals surface area contributed by atoms with E-state index >= 15 is 0 Å². The van der Waals surface area contributed by atoms with Crippen LogP contribution in [0.25, 0.3) is 22.6 Å². The number of hydrogen-bond acceptors (Lipinski definition) is 5. The van der Waals surface area contributed by atoms with Crippen LogP contribution in [-0.2, 0) is 0 Å². The molecule has 0 fully saturated rings. The zero-order valence-electron chi connectivity index (χ0n) is 12.6. The Balaban J connectivity index is 2.11. The summed E-state index contributed by atoms with van der Waals surface area (Å²) < 4.78 is 35.3. The largest absolute Gasteiger partial charge is 0.441 e. The molecule has 5 nitrogen and oxygen atoms in total. The van der Waals surface area contributed by atoms with Gasteiger partial charge in [0.1, 0.15) is 17.2 Å². The van der Waals surface area contributed by atoms with Crippen molar-refractivity contribution in [3.8, 4) is 28.3 Å². The number of rotatable bonds is 5. The summed E-state index contributed by atoms with van der Waals surface area (Å²) in [6.45, 7) is -1.33. The van der Waals surface area contributed by atoms with Gasteiger partial charge in [-0.1, -0.05) is 6.07 Å². The van der Waals surface area contributed by atoms with E-state index in [1.54, 1.807) is 31.3 Å². The normalized spacial score (nSPS) is 10.8. The van der Waals surface area contributed by atoms with Crippen LogP contribution in [0.4, 0.5) is 8.78 Å². The molecule has 24 heavy (non-hydrogen) atoms. The molecule has 2 heterocycles. The summed E-state index contributed by atoms with van der Waals surface area (Å²) in [5.74, 6) is 0.625. The van der Waals surface area contributed by atoms with E-state index in [2.05, 4.69) is 14.7 Å². The third-order valence-corrected chi connectivity index (χ3v) is 3.36. The molecule has 3 rings (SSSR count). The van der Waals surface area contributed by atoms with E-state index in [-0.39, 0.29) is 17.3 Å². The fourth-order valence-electron chi connectivity index (χ4n) is 2.25. The zero-order chi connectivity index (χ0) is 17.1. The number of alkyl halides is 2. The van der Waals surface area contributed by atoms with Crippen molar-refractivity contribution >= 4 is 6.29 Å². The van der Waals surface area contributed by atoms with E-state index < -0.39 is 6.61 Å². The number of aldehydes is 1. The molecule has 0 aliphatic rings. The topological polar surface area (TPSA) is 65.2 Å². The van der Waals surface area contributed by atoms with Crippen LogP contribution in [0, 0.1) is 6.92 Å². The first-order valence-corrected chi connectivity index (χ1v) is 7.00. The lowest BCUT2D eigenvalue weighted by Gasteiger charge is -2.11. The molecule has 0 unspecified atom stereocenters. The number of aryl methyl sites for hydroxylation is 1. The van der Waals surface area contributed by atoms with E-state index in [0.29, 0.717) is 28.7 Å². The number of pyridine rings is 1. The second-order valence-corrected chi connectivity index (χ2v) is 4.91. The second-order valence-electron chi connectivity index (χ2n) is 4.91. The molecule has 0 saturated carbocycles. The molecule has 1 aromatic carbocycles.